The minimum Gasteiger partial charge on any atom is -0.478 e. The number of rotatable bonds is 4. The zero-order chi connectivity index (χ0) is 16.4. The van der Waals surface area contributed by atoms with Crippen LogP contribution in [0.5, 0.6) is 0 Å². The molecule has 3 aromatic rings. The molecule has 0 saturated carbocycles. The molecule has 4 nitrogen and oxygen atoms in total. The third-order valence-corrected chi connectivity index (χ3v) is 3.81. The van der Waals surface area contributed by atoms with Gasteiger partial charge in [0.15, 0.2) is 0 Å². The van der Waals surface area contributed by atoms with Crippen LogP contribution in [0, 0.1) is 5.82 Å². The van der Waals surface area contributed by atoms with E-state index < -0.39 is 11.8 Å². The van der Waals surface area contributed by atoms with Crippen LogP contribution in [-0.2, 0) is 6.54 Å². The Balaban J connectivity index is 2.05. The maximum atomic E-state index is 14.1. The van der Waals surface area contributed by atoms with E-state index in [0.717, 1.165) is 0 Å². The van der Waals surface area contributed by atoms with E-state index in [2.05, 4.69) is 4.98 Å². The average Bonchev–Trinajstić information content (AvgIpc) is 2.95. The lowest BCUT2D eigenvalue weighted by Gasteiger charge is -2.11. The average molecular weight is 331 g/mol. The Labute approximate surface area is 136 Å². The van der Waals surface area contributed by atoms with Crippen LogP contribution in [-0.4, -0.2) is 20.6 Å². The Bertz CT molecular complexity index is 856. The predicted octanol–water partition coefficient (Wildman–Crippen LogP) is 4.09. The maximum Gasteiger partial charge on any atom is 0.336 e. The highest BCUT2D eigenvalue weighted by atomic mass is 35.5. The molecule has 2 aromatic carbocycles. The van der Waals surface area contributed by atoms with Crippen LogP contribution in [0.15, 0.2) is 54.9 Å². The summed E-state index contributed by atoms with van der Waals surface area (Å²) < 4.78 is 15.8. The maximum absolute atomic E-state index is 14.1. The Morgan fingerprint density at radius 3 is 2.74 bits per heavy atom. The fourth-order valence-corrected chi connectivity index (χ4v) is 2.67. The lowest BCUT2D eigenvalue weighted by Crippen LogP contribution is -2.08. The SMILES string of the molecule is O=C(O)c1ccccc1Cn1ccnc1-c1c(F)cccc1Cl. The summed E-state index contributed by atoms with van der Waals surface area (Å²) in [5, 5.41) is 9.52. The van der Waals surface area contributed by atoms with Gasteiger partial charge in [-0.3, -0.25) is 0 Å². The Morgan fingerprint density at radius 2 is 2.00 bits per heavy atom. The van der Waals surface area contributed by atoms with Gasteiger partial charge in [-0.05, 0) is 23.8 Å². The number of aromatic carboxylic acids is 1. The summed E-state index contributed by atoms with van der Waals surface area (Å²) in [6, 6.07) is 11.1. The first-order chi connectivity index (χ1) is 11.1. The molecule has 0 unspecified atom stereocenters. The molecular weight excluding hydrogens is 319 g/mol. The second-order valence-electron chi connectivity index (χ2n) is 4.94. The molecule has 1 heterocycles. The lowest BCUT2D eigenvalue weighted by molar-refractivity contribution is 0.0695. The van der Waals surface area contributed by atoms with Crippen molar-refractivity contribution in [1.29, 1.82) is 0 Å². The van der Waals surface area contributed by atoms with Gasteiger partial charge in [-0.1, -0.05) is 35.9 Å². The van der Waals surface area contributed by atoms with Crippen molar-refractivity contribution in [3.8, 4) is 11.4 Å². The summed E-state index contributed by atoms with van der Waals surface area (Å²) in [7, 11) is 0. The van der Waals surface area contributed by atoms with Gasteiger partial charge < -0.3 is 9.67 Å². The van der Waals surface area contributed by atoms with E-state index in [1.807, 2.05) is 0 Å². The molecule has 0 saturated heterocycles. The minimum atomic E-state index is -1.01. The van der Waals surface area contributed by atoms with Gasteiger partial charge in [0.2, 0.25) is 0 Å². The molecule has 1 N–H and O–H groups in total. The third-order valence-electron chi connectivity index (χ3n) is 3.49. The van der Waals surface area contributed by atoms with E-state index >= 15 is 0 Å². The predicted molar refractivity (Wildman–Crippen MR) is 85.1 cm³/mol. The quantitative estimate of drug-likeness (QED) is 0.784. The number of aromatic nitrogens is 2. The van der Waals surface area contributed by atoms with Crippen molar-refractivity contribution >= 4 is 17.6 Å². The molecule has 0 fully saturated rings. The number of carboxylic acid groups (broad SMARTS) is 1. The molecule has 0 aliphatic heterocycles. The van der Waals surface area contributed by atoms with Gasteiger partial charge in [-0.2, -0.15) is 0 Å². The number of halogens is 2. The van der Waals surface area contributed by atoms with Gasteiger partial charge in [0.1, 0.15) is 11.6 Å². The standard InChI is InChI=1S/C17H12ClFN2O2/c18-13-6-3-7-14(19)15(13)16-20-8-9-21(16)10-11-4-1-2-5-12(11)17(22)23/h1-9H,10H2,(H,22,23). The molecule has 6 heteroatoms. The summed E-state index contributed by atoms with van der Waals surface area (Å²) in [4.78, 5) is 15.5. The molecule has 0 radical (unpaired) electrons. The van der Waals surface area contributed by atoms with Crippen LogP contribution in [0.2, 0.25) is 5.02 Å². The summed E-state index contributed by atoms with van der Waals surface area (Å²) in [5.41, 5.74) is 1.01. The van der Waals surface area contributed by atoms with E-state index in [4.69, 9.17) is 11.6 Å². The van der Waals surface area contributed by atoms with E-state index in [1.54, 1.807) is 35.0 Å². The normalized spacial score (nSPS) is 10.7. The van der Waals surface area contributed by atoms with Crippen molar-refractivity contribution in [2.24, 2.45) is 0 Å². The number of benzene rings is 2. The van der Waals surface area contributed by atoms with Crippen molar-refractivity contribution in [2.45, 2.75) is 6.54 Å². The number of carbonyl (C=O) groups is 1. The smallest absolute Gasteiger partial charge is 0.336 e. The van der Waals surface area contributed by atoms with Crippen molar-refractivity contribution in [2.75, 3.05) is 0 Å². The van der Waals surface area contributed by atoms with E-state index in [9.17, 15) is 14.3 Å². The number of nitrogens with zero attached hydrogens (tertiary/aromatic N) is 2. The number of carboxylic acids is 1. The molecular formula is C17H12ClFN2O2. The van der Waals surface area contributed by atoms with Gasteiger partial charge in [0.05, 0.1) is 16.1 Å². The summed E-state index contributed by atoms with van der Waals surface area (Å²) in [6.45, 7) is 0.252. The molecule has 3 rings (SSSR count). The Kier molecular flexibility index (Phi) is 4.12. The highest BCUT2D eigenvalue weighted by molar-refractivity contribution is 6.33. The summed E-state index contributed by atoms with van der Waals surface area (Å²) >= 11 is 6.09. The minimum absolute atomic E-state index is 0.201. The fraction of sp³-hybridized carbons (Fsp3) is 0.0588. The second kappa shape index (κ2) is 6.22. The van der Waals surface area contributed by atoms with Crippen LogP contribution in [0.1, 0.15) is 15.9 Å². The van der Waals surface area contributed by atoms with Crippen LogP contribution in [0.3, 0.4) is 0 Å². The monoisotopic (exact) mass is 330 g/mol. The van der Waals surface area contributed by atoms with E-state index in [1.165, 1.54) is 24.4 Å². The van der Waals surface area contributed by atoms with Gasteiger partial charge in [-0.15, -0.1) is 0 Å². The lowest BCUT2D eigenvalue weighted by atomic mass is 10.1. The van der Waals surface area contributed by atoms with E-state index in [-0.39, 0.29) is 22.7 Å². The Morgan fingerprint density at radius 1 is 1.22 bits per heavy atom. The first-order valence-corrected chi connectivity index (χ1v) is 7.22. The highest BCUT2D eigenvalue weighted by Crippen LogP contribution is 2.29. The zero-order valence-electron chi connectivity index (χ0n) is 11.9. The topological polar surface area (TPSA) is 55.1 Å². The molecule has 0 bridgehead atoms. The summed E-state index contributed by atoms with van der Waals surface area (Å²) in [6.07, 6.45) is 3.19. The van der Waals surface area contributed by atoms with Crippen molar-refractivity contribution in [1.82, 2.24) is 9.55 Å². The van der Waals surface area contributed by atoms with Crippen molar-refractivity contribution in [3.63, 3.8) is 0 Å². The summed E-state index contributed by atoms with van der Waals surface area (Å²) in [5.74, 6) is -1.13. The molecule has 0 spiro atoms. The second-order valence-corrected chi connectivity index (χ2v) is 5.34. The van der Waals surface area contributed by atoms with Gasteiger partial charge >= 0.3 is 5.97 Å². The van der Waals surface area contributed by atoms with Crippen LogP contribution in [0.25, 0.3) is 11.4 Å². The Hall–Kier alpha value is -2.66. The van der Waals surface area contributed by atoms with Crippen LogP contribution >= 0.6 is 11.6 Å². The number of imidazole rings is 1. The molecule has 0 amide bonds. The zero-order valence-corrected chi connectivity index (χ0v) is 12.7. The molecule has 0 aliphatic rings. The highest BCUT2D eigenvalue weighted by Gasteiger charge is 2.16. The van der Waals surface area contributed by atoms with Gasteiger partial charge in [0, 0.05) is 18.9 Å². The van der Waals surface area contributed by atoms with Crippen molar-refractivity contribution < 1.29 is 14.3 Å². The molecule has 0 aliphatic carbocycles. The molecule has 23 heavy (non-hydrogen) atoms. The molecule has 116 valence electrons. The van der Waals surface area contributed by atoms with Crippen molar-refractivity contribution in [3.05, 3.63) is 76.8 Å². The van der Waals surface area contributed by atoms with Crippen LogP contribution in [0.4, 0.5) is 4.39 Å². The first-order valence-electron chi connectivity index (χ1n) is 6.84. The fourth-order valence-electron chi connectivity index (χ4n) is 2.43. The largest absolute Gasteiger partial charge is 0.478 e. The van der Waals surface area contributed by atoms with Gasteiger partial charge in [0.25, 0.3) is 0 Å². The molecule has 1 aromatic heterocycles. The first kappa shape index (κ1) is 15.2. The van der Waals surface area contributed by atoms with Crippen LogP contribution < -0.4 is 0 Å². The number of hydrogen-bond acceptors (Lipinski definition) is 2. The number of hydrogen-bond donors (Lipinski definition) is 1. The van der Waals surface area contributed by atoms with E-state index in [0.29, 0.717) is 11.4 Å². The third kappa shape index (κ3) is 2.96. The molecule has 0 atom stereocenters. The van der Waals surface area contributed by atoms with Gasteiger partial charge in [-0.25, -0.2) is 14.2 Å².